The maximum atomic E-state index is 13.1. The average Bonchev–Trinajstić information content (AvgIpc) is 2.74. The van der Waals surface area contributed by atoms with Crippen LogP contribution in [-0.2, 0) is 11.0 Å². The molecule has 1 aromatic carbocycles. The third-order valence-electron chi connectivity index (χ3n) is 5.54. The van der Waals surface area contributed by atoms with E-state index in [-0.39, 0.29) is 40.8 Å². The predicted molar refractivity (Wildman–Crippen MR) is 118 cm³/mol. The number of rotatable bonds is 5. The van der Waals surface area contributed by atoms with E-state index in [1.807, 2.05) is 0 Å². The Morgan fingerprint density at radius 1 is 1.09 bits per heavy atom. The molecule has 0 aliphatic heterocycles. The summed E-state index contributed by atoms with van der Waals surface area (Å²) in [4.78, 5) is 35.1. The average molecular weight is 460 g/mol. The number of alkyl halides is 3. The van der Waals surface area contributed by atoms with Crippen molar-refractivity contribution in [2.45, 2.75) is 50.9 Å². The summed E-state index contributed by atoms with van der Waals surface area (Å²) in [6.45, 7) is 1.49. The van der Waals surface area contributed by atoms with Gasteiger partial charge in [0.05, 0.1) is 11.1 Å². The number of carbonyl (C=O) groups excluding carboxylic acids is 1. The number of H-pyrrole nitrogens is 1. The Kier molecular flexibility index (Phi) is 6.21. The lowest BCUT2D eigenvalue weighted by Gasteiger charge is -2.29. The van der Waals surface area contributed by atoms with E-state index in [2.05, 4.69) is 30.9 Å². The summed E-state index contributed by atoms with van der Waals surface area (Å²) in [7, 11) is 0. The highest BCUT2D eigenvalue weighted by atomic mass is 19.4. The number of hydrogen-bond acceptors (Lipinski definition) is 6. The molecule has 11 heteroatoms. The number of pyridine rings is 1. The lowest BCUT2D eigenvalue weighted by Crippen LogP contribution is -2.39. The van der Waals surface area contributed by atoms with Gasteiger partial charge in [-0.2, -0.15) is 18.2 Å². The summed E-state index contributed by atoms with van der Waals surface area (Å²) in [5, 5.41) is 9.18. The Labute approximate surface area is 187 Å². The molecular formula is C22H23F3N6O2. The van der Waals surface area contributed by atoms with Gasteiger partial charge in [0.2, 0.25) is 11.9 Å². The highest BCUT2D eigenvalue weighted by molar-refractivity contribution is 5.90. The van der Waals surface area contributed by atoms with E-state index in [0.29, 0.717) is 5.52 Å². The van der Waals surface area contributed by atoms with Gasteiger partial charge < -0.3 is 20.9 Å². The van der Waals surface area contributed by atoms with E-state index >= 15 is 0 Å². The quantitative estimate of drug-likeness (QED) is 0.459. The number of hydrogen-bond donors (Lipinski definition) is 4. The van der Waals surface area contributed by atoms with Crippen LogP contribution in [-0.4, -0.2) is 32.9 Å². The summed E-state index contributed by atoms with van der Waals surface area (Å²) < 4.78 is 39.3. The smallest absolute Gasteiger partial charge is 0.354 e. The first-order chi connectivity index (χ1) is 15.7. The van der Waals surface area contributed by atoms with Crippen molar-refractivity contribution < 1.29 is 18.0 Å². The van der Waals surface area contributed by atoms with Gasteiger partial charge in [-0.25, -0.2) is 4.98 Å². The molecule has 1 aliphatic rings. The van der Waals surface area contributed by atoms with Gasteiger partial charge in [-0.05, 0) is 49.9 Å². The van der Waals surface area contributed by atoms with Crippen LogP contribution in [0.5, 0.6) is 0 Å². The molecule has 1 aliphatic carbocycles. The molecule has 3 aromatic rings. The number of aromatic amines is 1. The van der Waals surface area contributed by atoms with E-state index in [1.54, 1.807) is 6.07 Å². The Bertz CT molecular complexity index is 1220. The Hall–Kier alpha value is -3.63. The molecular weight excluding hydrogens is 437 g/mol. The van der Waals surface area contributed by atoms with Gasteiger partial charge in [-0.3, -0.25) is 9.59 Å². The zero-order valence-electron chi connectivity index (χ0n) is 17.8. The minimum atomic E-state index is -4.49. The van der Waals surface area contributed by atoms with Crippen LogP contribution in [0.4, 0.5) is 30.6 Å². The zero-order valence-corrected chi connectivity index (χ0v) is 17.8. The van der Waals surface area contributed by atoms with E-state index in [4.69, 9.17) is 0 Å². The Balaban J connectivity index is 1.60. The van der Waals surface area contributed by atoms with Crippen LogP contribution in [0.15, 0.2) is 41.3 Å². The molecule has 0 atom stereocenters. The van der Waals surface area contributed by atoms with Crippen LogP contribution >= 0.6 is 0 Å². The van der Waals surface area contributed by atoms with E-state index in [9.17, 15) is 22.8 Å². The largest absolute Gasteiger partial charge is 0.416 e. The number of fused-ring (bicyclic) bond motifs is 1. The fourth-order valence-corrected chi connectivity index (χ4v) is 4.01. The maximum Gasteiger partial charge on any atom is 0.416 e. The van der Waals surface area contributed by atoms with Crippen molar-refractivity contribution in [2.75, 3.05) is 10.6 Å². The van der Waals surface area contributed by atoms with Crippen molar-refractivity contribution in [2.24, 2.45) is 0 Å². The molecule has 1 amide bonds. The number of nitrogens with zero attached hydrogens (tertiary/aromatic N) is 2. The second-order valence-electron chi connectivity index (χ2n) is 8.06. The van der Waals surface area contributed by atoms with Crippen molar-refractivity contribution >= 4 is 34.3 Å². The van der Waals surface area contributed by atoms with Crippen LogP contribution in [0.3, 0.4) is 0 Å². The molecule has 4 N–H and O–H groups in total. The number of anilines is 3. The fourth-order valence-electron chi connectivity index (χ4n) is 4.01. The normalized spacial score (nSPS) is 18.7. The van der Waals surface area contributed by atoms with Gasteiger partial charge in [0, 0.05) is 30.9 Å². The number of carbonyl (C=O) groups is 1. The number of nitrogens with one attached hydrogen (secondary N) is 4. The number of halogens is 3. The van der Waals surface area contributed by atoms with Crippen molar-refractivity contribution in [3.05, 3.63) is 52.4 Å². The summed E-state index contributed by atoms with van der Waals surface area (Å²) in [5.41, 5.74) is -0.758. The molecule has 174 valence electrons. The highest BCUT2D eigenvalue weighted by Gasteiger charge is 2.30. The number of benzene rings is 1. The number of amides is 1. The third-order valence-corrected chi connectivity index (χ3v) is 5.54. The van der Waals surface area contributed by atoms with Crippen LogP contribution in [0.25, 0.3) is 10.9 Å². The molecule has 2 heterocycles. The SMILES string of the molecule is CC(=O)N[C@H]1CC[C@H](Nc2nc(Nc3cccc(C(F)(F)F)c3)c3c(=O)[nH]ccc3n2)CC1. The van der Waals surface area contributed by atoms with Crippen LogP contribution in [0, 0.1) is 0 Å². The van der Waals surface area contributed by atoms with Gasteiger partial charge in [0.1, 0.15) is 11.2 Å². The van der Waals surface area contributed by atoms with E-state index < -0.39 is 17.3 Å². The molecule has 4 rings (SSSR count). The molecule has 0 bridgehead atoms. The monoisotopic (exact) mass is 460 g/mol. The molecule has 0 unspecified atom stereocenters. The fraction of sp³-hybridized carbons (Fsp3) is 0.364. The minimum absolute atomic E-state index is 0.0557. The van der Waals surface area contributed by atoms with Crippen LogP contribution in [0.1, 0.15) is 38.2 Å². The maximum absolute atomic E-state index is 13.1. The van der Waals surface area contributed by atoms with Gasteiger partial charge in [-0.15, -0.1) is 0 Å². The molecule has 1 saturated carbocycles. The Morgan fingerprint density at radius 2 is 1.82 bits per heavy atom. The third kappa shape index (κ3) is 5.41. The second-order valence-corrected chi connectivity index (χ2v) is 8.06. The summed E-state index contributed by atoms with van der Waals surface area (Å²) >= 11 is 0. The lowest BCUT2D eigenvalue weighted by atomic mass is 9.91. The van der Waals surface area contributed by atoms with E-state index in [1.165, 1.54) is 25.3 Å². The molecule has 0 radical (unpaired) electrons. The van der Waals surface area contributed by atoms with Crippen LogP contribution in [0.2, 0.25) is 0 Å². The summed E-state index contributed by atoms with van der Waals surface area (Å²) in [6, 6.07) is 6.49. The summed E-state index contributed by atoms with van der Waals surface area (Å²) in [5.74, 6) is 0.320. The molecule has 0 spiro atoms. The molecule has 0 saturated heterocycles. The topological polar surface area (TPSA) is 112 Å². The van der Waals surface area contributed by atoms with Gasteiger partial charge >= 0.3 is 6.18 Å². The number of aromatic nitrogens is 3. The first kappa shape index (κ1) is 22.6. The second kappa shape index (κ2) is 9.08. The standard InChI is InChI=1S/C22H23F3N6O2/c1-12(32)27-14-5-7-15(8-6-14)29-21-30-17-9-10-26-20(33)18(17)19(31-21)28-16-4-2-3-13(11-16)22(23,24)25/h2-4,9-11,14-15H,5-8H2,1H3,(H,26,33)(H,27,32)(H2,28,29,30,31)/t14-,15-. The molecule has 1 fully saturated rings. The lowest BCUT2D eigenvalue weighted by molar-refractivity contribution is -0.137. The summed E-state index contributed by atoms with van der Waals surface area (Å²) in [6.07, 6.45) is 0.149. The molecule has 2 aromatic heterocycles. The first-order valence-corrected chi connectivity index (χ1v) is 10.6. The minimum Gasteiger partial charge on any atom is -0.354 e. The van der Waals surface area contributed by atoms with Gasteiger partial charge in [-0.1, -0.05) is 6.07 Å². The molecule has 33 heavy (non-hydrogen) atoms. The van der Waals surface area contributed by atoms with Crippen molar-refractivity contribution in [1.29, 1.82) is 0 Å². The highest BCUT2D eigenvalue weighted by Crippen LogP contribution is 2.32. The zero-order chi connectivity index (χ0) is 23.6. The van der Waals surface area contributed by atoms with E-state index in [0.717, 1.165) is 37.8 Å². The van der Waals surface area contributed by atoms with Crippen LogP contribution < -0.4 is 21.5 Å². The van der Waals surface area contributed by atoms with Gasteiger partial charge in [0.25, 0.3) is 5.56 Å². The van der Waals surface area contributed by atoms with Crippen molar-refractivity contribution in [1.82, 2.24) is 20.3 Å². The molecule has 8 nitrogen and oxygen atoms in total. The van der Waals surface area contributed by atoms with Crippen molar-refractivity contribution in [3.8, 4) is 0 Å². The predicted octanol–water partition coefficient (Wildman–Crippen LogP) is 3.94. The van der Waals surface area contributed by atoms with Gasteiger partial charge in [0.15, 0.2) is 0 Å². The van der Waals surface area contributed by atoms with Crippen molar-refractivity contribution in [3.63, 3.8) is 0 Å². The first-order valence-electron chi connectivity index (χ1n) is 10.6. The Morgan fingerprint density at radius 3 is 2.52 bits per heavy atom.